The Morgan fingerprint density at radius 3 is 2.43 bits per heavy atom. The molecule has 17 heteroatoms. The van der Waals surface area contributed by atoms with Gasteiger partial charge < -0.3 is 14.5 Å². The minimum Gasteiger partial charge on any atom is -0.462 e. The Morgan fingerprint density at radius 2 is 1.83 bits per heavy atom. The first kappa shape index (κ1) is 36.8. The Bertz CT molecular complexity index is 2210. The van der Waals surface area contributed by atoms with Crippen LogP contribution in [0, 0.1) is 28.4 Å². The number of hydrogen-bond donors (Lipinski definition) is 0. The second-order valence-corrected chi connectivity index (χ2v) is 15.2. The third kappa shape index (κ3) is 6.33. The van der Waals surface area contributed by atoms with E-state index in [0.29, 0.717) is 12.1 Å². The molecule has 3 atom stereocenters. The fourth-order valence-electron chi connectivity index (χ4n) is 7.77. The zero-order valence-electron chi connectivity index (χ0n) is 28.6. The lowest BCUT2D eigenvalue weighted by molar-refractivity contribution is -0.137. The maximum absolute atomic E-state index is 17.1. The molecule has 4 heterocycles. The summed E-state index contributed by atoms with van der Waals surface area (Å²) in [4.78, 5) is 25.1. The number of ether oxygens (including phenoxy) is 1. The van der Waals surface area contributed by atoms with E-state index in [9.17, 15) is 23.2 Å². The Morgan fingerprint density at radius 1 is 1.11 bits per heavy atom. The summed E-state index contributed by atoms with van der Waals surface area (Å²) in [6.45, 7) is 8.13. The van der Waals surface area contributed by atoms with Crippen molar-refractivity contribution in [2.45, 2.75) is 63.6 Å². The van der Waals surface area contributed by atoms with Crippen molar-refractivity contribution in [3.63, 3.8) is 0 Å². The molecule has 0 bridgehead atoms. The van der Waals surface area contributed by atoms with E-state index in [1.807, 2.05) is 7.05 Å². The summed E-state index contributed by atoms with van der Waals surface area (Å²) >= 11 is -0.152. The number of carbonyl (C=O) groups excluding carboxylic acids is 1. The number of rotatable bonds is 6. The van der Waals surface area contributed by atoms with Gasteiger partial charge in [0.1, 0.15) is 34.7 Å². The van der Waals surface area contributed by atoms with Gasteiger partial charge in [-0.25, -0.2) is 8.78 Å². The number of alkyl halides is 6. The van der Waals surface area contributed by atoms with Crippen LogP contribution in [-0.2, 0) is 17.1 Å². The average Bonchev–Trinajstić information content (AvgIpc) is 3.58. The van der Waals surface area contributed by atoms with Crippen LogP contribution in [0.5, 0.6) is 6.01 Å². The van der Waals surface area contributed by atoms with Gasteiger partial charge in [0.05, 0.1) is 15.8 Å². The van der Waals surface area contributed by atoms with Gasteiger partial charge in [-0.2, -0.15) is 41.6 Å². The minimum absolute atomic E-state index is 0.0426. The van der Waals surface area contributed by atoms with Crippen LogP contribution in [0.3, 0.4) is 0 Å². The molecule has 0 radical (unpaired) electrons. The maximum atomic E-state index is 17.1. The molecule has 2 saturated heterocycles. The van der Waals surface area contributed by atoms with Crippen LogP contribution in [0.4, 0.5) is 40.9 Å². The molecule has 2 aliphatic heterocycles. The topological polar surface area (TPSA) is 85.6 Å². The molecule has 2 aromatic carbocycles. The quantitative estimate of drug-likeness (QED) is 0.145. The number of amides is 1. The van der Waals surface area contributed by atoms with Crippen molar-refractivity contribution in [3.05, 3.63) is 58.5 Å². The lowest BCUT2D eigenvalue weighted by atomic mass is 9.92. The fourth-order valence-corrected chi connectivity index (χ4v) is 8.82. The van der Waals surface area contributed by atoms with E-state index >= 15 is 22.0 Å². The number of aromatic nitrogens is 2. The van der Waals surface area contributed by atoms with Gasteiger partial charge in [-0.1, -0.05) is 12.6 Å². The minimum atomic E-state index is -5.30. The molecule has 1 amide bonds. The van der Waals surface area contributed by atoms with Gasteiger partial charge in [-0.05, 0) is 69.3 Å². The number of likely N-dealkylation sites (tertiary alicyclic amines) is 1. The van der Waals surface area contributed by atoms with Gasteiger partial charge in [0.15, 0.2) is 5.82 Å². The lowest BCUT2D eigenvalue weighted by Gasteiger charge is -2.44. The van der Waals surface area contributed by atoms with Crippen LogP contribution in [0.2, 0.25) is 0 Å². The monoisotopic (exact) mass is 764 g/mol. The molecule has 3 fully saturated rings. The summed E-state index contributed by atoms with van der Waals surface area (Å²) in [6.07, 6.45) is -6.30. The normalized spacial score (nSPS) is 21.8. The summed E-state index contributed by atoms with van der Waals surface area (Å²) in [7, 11) is 1.94. The number of piperazine rings is 1. The molecule has 53 heavy (non-hydrogen) atoms. The van der Waals surface area contributed by atoms with Gasteiger partial charge in [0.2, 0.25) is 5.91 Å². The van der Waals surface area contributed by atoms with Crippen molar-refractivity contribution in [1.29, 1.82) is 5.26 Å². The molecule has 7 rings (SSSR count). The summed E-state index contributed by atoms with van der Waals surface area (Å²) in [5.74, 6) is -3.26. The van der Waals surface area contributed by atoms with Gasteiger partial charge in [-0.15, -0.1) is 11.3 Å². The molecule has 3 aliphatic rings. The number of thiophene rings is 1. The van der Waals surface area contributed by atoms with Gasteiger partial charge in [0, 0.05) is 54.1 Å². The summed E-state index contributed by atoms with van der Waals surface area (Å²) < 4.78 is 125. The van der Waals surface area contributed by atoms with Gasteiger partial charge >= 0.3 is 18.4 Å². The number of halogens is 8. The number of carbonyl (C=O) groups is 1. The number of hydrogen-bond acceptors (Lipinski definition) is 8. The van der Waals surface area contributed by atoms with Crippen LogP contribution >= 0.6 is 11.3 Å². The highest BCUT2D eigenvalue weighted by molar-refractivity contribution is 7.19. The molecular weight excluding hydrogens is 732 g/mol. The van der Waals surface area contributed by atoms with Crippen molar-refractivity contribution in [2.24, 2.45) is 5.41 Å². The van der Waals surface area contributed by atoms with E-state index < -0.39 is 78.8 Å². The number of anilines is 1. The Hall–Kier alpha value is -4.56. The molecule has 1 spiro atoms. The second kappa shape index (κ2) is 12.8. The van der Waals surface area contributed by atoms with Gasteiger partial charge in [0.25, 0.3) is 0 Å². The van der Waals surface area contributed by atoms with Crippen molar-refractivity contribution >= 4 is 44.1 Å². The third-order valence-electron chi connectivity index (χ3n) is 10.6. The Kier molecular flexibility index (Phi) is 8.88. The molecular formula is C36H32F8N6O2S. The van der Waals surface area contributed by atoms with Crippen molar-refractivity contribution in [3.8, 4) is 23.2 Å². The Labute approximate surface area is 302 Å². The second-order valence-electron chi connectivity index (χ2n) is 14.2. The summed E-state index contributed by atoms with van der Waals surface area (Å²) in [5, 5.41) is 8.60. The van der Waals surface area contributed by atoms with E-state index in [2.05, 4.69) is 21.4 Å². The maximum Gasteiger partial charge on any atom is 0.426 e. The van der Waals surface area contributed by atoms with E-state index in [0.717, 1.165) is 37.9 Å². The van der Waals surface area contributed by atoms with Crippen LogP contribution < -0.4 is 9.64 Å². The zero-order chi connectivity index (χ0) is 38.4. The van der Waals surface area contributed by atoms with E-state index in [1.54, 1.807) is 23.6 Å². The fraction of sp³-hybridized carbons (Fsp3) is 0.444. The van der Waals surface area contributed by atoms with Crippen LogP contribution in [0.15, 0.2) is 30.9 Å². The molecule has 8 nitrogen and oxygen atoms in total. The number of nitrogens with zero attached hydrogens (tertiary/aromatic N) is 6. The van der Waals surface area contributed by atoms with Gasteiger partial charge in [-0.3, -0.25) is 9.69 Å². The van der Waals surface area contributed by atoms with Crippen LogP contribution in [0.1, 0.15) is 49.1 Å². The zero-order valence-corrected chi connectivity index (χ0v) is 29.4. The first-order valence-electron chi connectivity index (χ1n) is 16.7. The van der Waals surface area contributed by atoms with E-state index in [-0.39, 0.29) is 65.6 Å². The SMILES string of the molecule is C=CC(=O)N1CC(C)N(c2nc(OC[C@@H]3CC4(CC4)CN3C)nc3c(F)c(-c4ccc(F)c5sc(C(F)(F)F)c(C#N)c45)c(C(F)(F)F)cc23)CC1C. The van der Waals surface area contributed by atoms with Crippen molar-refractivity contribution < 1.29 is 44.7 Å². The third-order valence-corrected chi connectivity index (χ3v) is 11.8. The van der Waals surface area contributed by atoms with Crippen LogP contribution in [0.25, 0.3) is 32.1 Å². The standard InChI is InChI=1S/C36H32F8N6O2S/c1-5-25(51)49-13-18(3)50(14-17(49)2)32-21-10-23(35(39,40)41)27(20-6-7-24(37)30-26(20)22(12-45)31(53-30)36(42,43)44)28(38)29(21)46-33(47-32)52-15-19-11-34(8-9-34)16-48(19)4/h5-7,10,17-19H,1,8-9,11,13-16H2,2-4H3/t17?,18?,19-/m0/s1. The smallest absolute Gasteiger partial charge is 0.426 e. The highest BCUT2D eigenvalue weighted by atomic mass is 32.1. The predicted octanol–water partition coefficient (Wildman–Crippen LogP) is 8.17. The number of fused-ring (bicyclic) bond motifs is 2. The molecule has 280 valence electrons. The summed E-state index contributed by atoms with van der Waals surface area (Å²) in [6, 6.07) is 1.93. The number of nitriles is 1. The van der Waals surface area contributed by atoms with Crippen molar-refractivity contribution in [2.75, 3.05) is 38.2 Å². The Balaban J connectivity index is 1.46. The van der Waals surface area contributed by atoms with E-state index in [4.69, 9.17) is 4.74 Å². The number of likely N-dealkylation sites (N-methyl/N-ethyl adjacent to an activating group) is 1. The molecule has 4 aromatic rings. The highest BCUT2D eigenvalue weighted by Gasteiger charge is 2.51. The molecule has 2 aromatic heterocycles. The largest absolute Gasteiger partial charge is 0.462 e. The van der Waals surface area contributed by atoms with E-state index in [1.165, 1.54) is 6.07 Å². The van der Waals surface area contributed by atoms with Crippen LogP contribution in [-0.4, -0.2) is 77.1 Å². The molecule has 1 saturated carbocycles. The first-order valence-corrected chi connectivity index (χ1v) is 17.6. The summed E-state index contributed by atoms with van der Waals surface area (Å²) in [5.41, 5.74) is -5.12. The number of benzene rings is 2. The average molecular weight is 765 g/mol. The predicted molar refractivity (Wildman–Crippen MR) is 181 cm³/mol. The molecule has 1 aliphatic carbocycles. The highest BCUT2D eigenvalue weighted by Crippen LogP contribution is 2.54. The molecule has 2 unspecified atom stereocenters. The molecule has 0 N–H and O–H groups in total. The first-order chi connectivity index (χ1) is 24.9. The lowest BCUT2D eigenvalue weighted by Crippen LogP contribution is -2.58. The van der Waals surface area contributed by atoms with Crippen molar-refractivity contribution in [1.82, 2.24) is 19.8 Å².